The summed E-state index contributed by atoms with van der Waals surface area (Å²) < 4.78 is 11.1. The molecule has 1 aromatic heterocycles. The molecule has 174 valence electrons. The van der Waals surface area contributed by atoms with Crippen LogP contribution in [0.4, 0.5) is 5.00 Å². The highest BCUT2D eigenvalue weighted by molar-refractivity contribution is 7.17. The zero-order valence-electron chi connectivity index (χ0n) is 19.9. The highest BCUT2D eigenvalue weighted by Gasteiger charge is 2.42. The average molecular weight is 459 g/mol. The van der Waals surface area contributed by atoms with Crippen LogP contribution >= 0.6 is 11.3 Å². The molecule has 7 heteroatoms. The van der Waals surface area contributed by atoms with Crippen LogP contribution in [0.25, 0.3) is 0 Å². The molecule has 1 aliphatic rings. The second-order valence-electron chi connectivity index (χ2n) is 9.33. The van der Waals surface area contributed by atoms with Gasteiger partial charge in [-0.3, -0.25) is 4.79 Å². The predicted octanol–water partition coefficient (Wildman–Crippen LogP) is 5.52. The monoisotopic (exact) mass is 458 g/mol. The van der Waals surface area contributed by atoms with Crippen LogP contribution in [0.1, 0.15) is 85.5 Å². The summed E-state index contributed by atoms with van der Waals surface area (Å²) in [5.74, 6) is -0.0140. The Balaban J connectivity index is 1.94. The number of ether oxygens (including phenoxy) is 2. The molecule has 0 unspecified atom stereocenters. The lowest BCUT2D eigenvalue weighted by molar-refractivity contribution is 0.0525. The number of anilines is 1. The van der Waals surface area contributed by atoms with E-state index in [0.29, 0.717) is 34.9 Å². The molecular weight excluding hydrogens is 424 g/mol. The summed E-state index contributed by atoms with van der Waals surface area (Å²) in [4.78, 5) is 27.1. The maximum absolute atomic E-state index is 13.1. The van der Waals surface area contributed by atoms with Gasteiger partial charge in [0.2, 0.25) is 0 Å². The van der Waals surface area contributed by atoms with Crippen LogP contribution < -0.4 is 15.4 Å². The van der Waals surface area contributed by atoms with Gasteiger partial charge in [-0.05, 0) is 71.2 Å². The molecule has 1 amide bonds. The molecule has 6 nitrogen and oxygen atoms in total. The number of thiophene rings is 1. The van der Waals surface area contributed by atoms with Gasteiger partial charge in [0.15, 0.2) is 0 Å². The molecule has 0 aliphatic carbocycles. The SMILES string of the molecule is CCCCOc1cccc(C(=O)Nc2sc3c(c2C(=O)OCC)CC(C)(C)NC3(C)C)c1. The summed E-state index contributed by atoms with van der Waals surface area (Å²) in [5, 5.41) is 7.15. The van der Waals surface area contributed by atoms with Crippen LogP contribution in [0.2, 0.25) is 0 Å². The van der Waals surface area contributed by atoms with Crippen molar-refractivity contribution in [3.63, 3.8) is 0 Å². The number of carbonyl (C=O) groups is 2. The number of esters is 1. The molecular formula is C25H34N2O4S. The molecule has 0 atom stereocenters. The Morgan fingerprint density at radius 1 is 1.19 bits per heavy atom. The van der Waals surface area contributed by atoms with Crippen molar-refractivity contribution in [1.29, 1.82) is 0 Å². The van der Waals surface area contributed by atoms with Gasteiger partial charge >= 0.3 is 5.97 Å². The minimum atomic E-state index is -0.398. The van der Waals surface area contributed by atoms with Gasteiger partial charge in [-0.25, -0.2) is 4.79 Å². The maximum Gasteiger partial charge on any atom is 0.341 e. The highest BCUT2D eigenvalue weighted by Crippen LogP contribution is 2.45. The molecule has 0 spiro atoms. The lowest BCUT2D eigenvalue weighted by Crippen LogP contribution is -2.55. The number of hydrogen-bond donors (Lipinski definition) is 2. The minimum absolute atomic E-state index is 0.190. The number of fused-ring (bicyclic) bond motifs is 1. The zero-order valence-corrected chi connectivity index (χ0v) is 20.7. The Kier molecular flexibility index (Phi) is 7.30. The summed E-state index contributed by atoms with van der Waals surface area (Å²) in [6.45, 7) is 13.2. The first-order valence-electron chi connectivity index (χ1n) is 11.2. The fraction of sp³-hybridized carbons (Fsp3) is 0.520. The molecule has 2 N–H and O–H groups in total. The average Bonchev–Trinajstić information content (AvgIpc) is 3.05. The van der Waals surface area contributed by atoms with Crippen molar-refractivity contribution < 1.29 is 19.1 Å². The largest absolute Gasteiger partial charge is 0.494 e. The van der Waals surface area contributed by atoms with E-state index in [1.807, 2.05) is 6.07 Å². The first-order valence-corrected chi connectivity index (χ1v) is 12.1. The molecule has 0 fully saturated rings. The number of rotatable bonds is 8. The number of nitrogens with one attached hydrogen (secondary N) is 2. The molecule has 0 bridgehead atoms. The standard InChI is InChI=1S/C25H34N2O4S/c1-7-9-13-31-17-12-10-11-16(14-17)21(28)26-22-19(23(29)30-8-2)18-15-24(3,4)27-25(5,6)20(18)32-22/h10-12,14,27H,7-9,13,15H2,1-6H3,(H,26,28). The molecule has 0 radical (unpaired) electrons. The smallest absolute Gasteiger partial charge is 0.341 e. The van der Waals surface area contributed by atoms with Gasteiger partial charge in [0.25, 0.3) is 5.91 Å². The van der Waals surface area contributed by atoms with E-state index in [-0.39, 0.29) is 23.6 Å². The van der Waals surface area contributed by atoms with E-state index in [9.17, 15) is 9.59 Å². The van der Waals surface area contributed by atoms with E-state index in [0.717, 1.165) is 23.3 Å². The van der Waals surface area contributed by atoms with Crippen LogP contribution in [-0.2, 0) is 16.7 Å². The Hall–Kier alpha value is -2.38. The fourth-order valence-corrected chi connectivity index (χ4v) is 5.53. The first kappa shape index (κ1) is 24.3. The second kappa shape index (κ2) is 9.63. The van der Waals surface area contributed by atoms with E-state index < -0.39 is 5.97 Å². The van der Waals surface area contributed by atoms with Gasteiger partial charge in [0.1, 0.15) is 10.8 Å². The Labute approximate surface area is 194 Å². The third kappa shape index (κ3) is 5.33. The molecule has 2 heterocycles. The van der Waals surface area contributed by atoms with Gasteiger partial charge in [-0.1, -0.05) is 19.4 Å². The van der Waals surface area contributed by atoms with Crippen molar-refractivity contribution >= 4 is 28.2 Å². The van der Waals surface area contributed by atoms with Crippen molar-refractivity contribution in [1.82, 2.24) is 5.32 Å². The minimum Gasteiger partial charge on any atom is -0.494 e. The Morgan fingerprint density at radius 2 is 1.94 bits per heavy atom. The summed E-state index contributed by atoms with van der Waals surface area (Å²) in [6.07, 6.45) is 2.68. The lowest BCUT2D eigenvalue weighted by Gasteiger charge is -2.42. The van der Waals surface area contributed by atoms with Crippen molar-refractivity contribution in [3.8, 4) is 5.75 Å². The van der Waals surface area contributed by atoms with Gasteiger partial charge in [0, 0.05) is 21.5 Å². The zero-order chi connectivity index (χ0) is 23.5. The molecule has 0 saturated heterocycles. The number of hydrogen-bond acceptors (Lipinski definition) is 6. The number of unbranched alkanes of at least 4 members (excludes halogenated alkanes) is 1. The van der Waals surface area contributed by atoms with E-state index >= 15 is 0 Å². The van der Waals surface area contributed by atoms with Gasteiger partial charge in [-0.15, -0.1) is 11.3 Å². The van der Waals surface area contributed by atoms with E-state index in [4.69, 9.17) is 9.47 Å². The van der Waals surface area contributed by atoms with Crippen LogP contribution in [-0.4, -0.2) is 30.6 Å². The molecule has 1 aromatic carbocycles. The van der Waals surface area contributed by atoms with Gasteiger partial charge in [0.05, 0.1) is 18.8 Å². The number of amides is 1. The summed E-state index contributed by atoms with van der Waals surface area (Å²) >= 11 is 1.44. The van der Waals surface area contributed by atoms with Crippen LogP contribution in [0.15, 0.2) is 24.3 Å². The Bertz CT molecular complexity index is 994. The molecule has 0 saturated carbocycles. The molecule has 1 aliphatic heterocycles. The number of carbonyl (C=O) groups excluding carboxylic acids is 2. The lowest BCUT2D eigenvalue weighted by atomic mass is 9.81. The molecule has 2 aromatic rings. The summed E-state index contributed by atoms with van der Waals surface area (Å²) in [7, 11) is 0. The highest BCUT2D eigenvalue weighted by atomic mass is 32.1. The van der Waals surface area contributed by atoms with E-state index in [1.165, 1.54) is 11.3 Å². The van der Waals surface area contributed by atoms with E-state index in [2.05, 4.69) is 45.3 Å². The summed E-state index contributed by atoms with van der Waals surface area (Å²) in [5.41, 5.74) is 1.38. The van der Waals surface area contributed by atoms with Gasteiger partial charge < -0.3 is 20.1 Å². The van der Waals surface area contributed by atoms with Crippen LogP contribution in [0, 0.1) is 0 Å². The van der Waals surface area contributed by atoms with Gasteiger partial charge in [-0.2, -0.15) is 0 Å². The van der Waals surface area contributed by atoms with Crippen molar-refractivity contribution in [2.45, 2.75) is 71.9 Å². The third-order valence-electron chi connectivity index (χ3n) is 5.41. The number of benzene rings is 1. The topological polar surface area (TPSA) is 76.7 Å². The predicted molar refractivity (Wildman–Crippen MR) is 129 cm³/mol. The quantitative estimate of drug-likeness (QED) is 0.403. The molecule has 32 heavy (non-hydrogen) atoms. The van der Waals surface area contributed by atoms with Crippen molar-refractivity contribution in [2.75, 3.05) is 18.5 Å². The normalized spacial score (nSPS) is 16.2. The molecule has 3 rings (SSSR count). The third-order valence-corrected chi connectivity index (χ3v) is 6.88. The van der Waals surface area contributed by atoms with Crippen LogP contribution in [0.5, 0.6) is 5.75 Å². The van der Waals surface area contributed by atoms with E-state index in [1.54, 1.807) is 25.1 Å². The van der Waals surface area contributed by atoms with Crippen molar-refractivity contribution in [2.24, 2.45) is 0 Å². The fourth-order valence-electron chi connectivity index (χ4n) is 4.27. The maximum atomic E-state index is 13.1. The summed E-state index contributed by atoms with van der Waals surface area (Å²) in [6, 6.07) is 7.12. The Morgan fingerprint density at radius 3 is 2.62 bits per heavy atom. The van der Waals surface area contributed by atoms with Crippen LogP contribution in [0.3, 0.4) is 0 Å². The van der Waals surface area contributed by atoms with Crippen molar-refractivity contribution in [3.05, 3.63) is 45.8 Å². The first-order chi connectivity index (χ1) is 15.1. The second-order valence-corrected chi connectivity index (χ2v) is 10.3.